The molecular weight excluding hydrogens is 353 g/mol. The molecule has 1 aliphatic rings. The summed E-state index contributed by atoms with van der Waals surface area (Å²) in [4.78, 5) is 11.7. The Balaban J connectivity index is 1.88. The summed E-state index contributed by atoms with van der Waals surface area (Å²) in [5.41, 5.74) is 2.25. The van der Waals surface area contributed by atoms with E-state index in [-0.39, 0.29) is 11.1 Å². The molecule has 0 amide bonds. The van der Waals surface area contributed by atoms with Crippen LogP contribution in [0, 0.1) is 23.1 Å². The molecule has 0 unspecified atom stereocenters. The van der Waals surface area contributed by atoms with Gasteiger partial charge in [0.15, 0.2) is 0 Å². The smallest absolute Gasteiger partial charge is 0.336 e. The summed E-state index contributed by atoms with van der Waals surface area (Å²) in [7, 11) is 0. The van der Waals surface area contributed by atoms with E-state index in [1.54, 1.807) is 18.2 Å². The second-order valence-electron chi connectivity index (χ2n) is 7.78. The van der Waals surface area contributed by atoms with Gasteiger partial charge in [-0.15, -0.1) is 0 Å². The molecule has 0 atom stereocenters. The second kappa shape index (κ2) is 9.01. The molecule has 2 aromatic carbocycles. The second-order valence-corrected chi connectivity index (χ2v) is 7.78. The van der Waals surface area contributed by atoms with Crippen LogP contribution in [-0.4, -0.2) is 11.1 Å². The average molecular weight is 379 g/mol. The first kappa shape index (κ1) is 20.1. The molecule has 1 aliphatic carbocycles. The molecular formula is C24H26FNO2. The van der Waals surface area contributed by atoms with Gasteiger partial charge in [-0.25, -0.2) is 9.18 Å². The topological polar surface area (TPSA) is 61.1 Å². The van der Waals surface area contributed by atoms with Crippen molar-refractivity contribution in [3.8, 4) is 17.2 Å². The molecule has 2 aromatic rings. The van der Waals surface area contributed by atoms with Crippen LogP contribution in [0.15, 0.2) is 36.4 Å². The minimum absolute atomic E-state index is 0.0396. The molecule has 1 saturated carbocycles. The monoisotopic (exact) mass is 379 g/mol. The molecule has 1 N–H and O–H groups in total. The van der Waals surface area contributed by atoms with E-state index in [9.17, 15) is 14.3 Å². The fourth-order valence-electron chi connectivity index (χ4n) is 4.29. The van der Waals surface area contributed by atoms with Crippen LogP contribution in [-0.2, 0) is 0 Å². The third-order valence-corrected chi connectivity index (χ3v) is 5.96. The van der Waals surface area contributed by atoms with Crippen molar-refractivity contribution < 1.29 is 14.3 Å². The Morgan fingerprint density at radius 2 is 1.93 bits per heavy atom. The SMILES string of the molecule is CCCC[C@H]1CC[C@H](c2ccc(C(=O)O)c(-c3ccc(C#N)c(F)c3)c2)CC1. The van der Waals surface area contributed by atoms with Gasteiger partial charge in [0.1, 0.15) is 11.9 Å². The molecule has 3 nitrogen and oxygen atoms in total. The van der Waals surface area contributed by atoms with Crippen LogP contribution in [0.2, 0.25) is 0 Å². The van der Waals surface area contributed by atoms with Gasteiger partial charge in [0, 0.05) is 0 Å². The minimum atomic E-state index is -1.03. The number of carboxylic acid groups (broad SMARTS) is 1. The molecule has 1 fully saturated rings. The van der Waals surface area contributed by atoms with Crippen LogP contribution in [0.4, 0.5) is 4.39 Å². The normalized spacial score (nSPS) is 19.2. The van der Waals surface area contributed by atoms with E-state index in [1.165, 1.54) is 44.2 Å². The fourth-order valence-corrected chi connectivity index (χ4v) is 4.29. The van der Waals surface area contributed by atoms with Gasteiger partial charge in [0.25, 0.3) is 0 Å². The first-order chi connectivity index (χ1) is 13.5. The van der Waals surface area contributed by atoms with E-state index in [4.69, 9.17) is 5.26 Å². The zero-order valence-electron chi connectivity index (χ0n) is 16.2. The Kier molecular flexibility index (Phi) is 6.46. The Morgan fingerprint density at radius 1 is 1.18 bits per heavy atom. The minimum Gasteiger partial charge on any atom is -0.478 e. The summed E-state index contributed by atoms with van der Waals surface area (Å²) >= 11 is 0. The highest BCUT2D eigenvalue weighted by Gasteiger charge is 2.23. The number of carbonyl (C=O) groups is 1. The van der Waals surface area contributed by atoms with Crippen LogP contribution in [0.1, 0.15) is 79.3 Å². The van der Waals surface area contributed by atoms with Crippen LogP contribution in [0.25, 0.3) is 11.1 Å². The van der Waals surface area contributed by atoms with E-state index in [0.29, 0.717) is 17.0 Å². The Hall–Kier alpha value is -2.67. The maximum atomic E-state index is 14.1. The summed E-state index contributed by atoms with van der Waals surface area (Å²) in [6.07, 6.45) is 8.48. The lowest BCUT2D eigenvalue weighted by atomic mass is 9.76. The quantitative estimate of drug-likeness (QED) is 0.621. The van der Waals surface area contributed by atoms with E-state index in [0.717, 1.165) is 24.3 Å². The van der Waals surface area contributed by atoms with Gasteiger partial charge >= 0.3 is 5.97 Å². The molecule has 28 heavy (non-hydrogen) atoms. The number of hydrogen-bond acceptors (Lipinski definition) is 2. The van der Waals surface area contributed by atoms with E-state index in [2.05, 4.69) is 6.92 Å². The molecule has 0 heterocycles. The number of rotatable bonds is 6. The molecule has 0 aliphatic heterocycles. The highest BCUT2D eigenvalue weighted by Crippen LogP contribution is 2.39. The Morgan fingerprint density at radius 3 is 2.54 bits per heavy atom. The lowest BCUT2D eigenvalue weighted by Gasteiger charge is -2.29. The molecule has 0 radical (unpaired) electrons. The van der Waals surface area contributed by atoms with Crippen molar-refractivity contribution in [2.24, 2.45) is 5.92 Å². The molecule has 3 rings (SSSR count). The highest BCUT2D eigenvalue weighted by molar-refractivity contribution is 5.96. The number of halogens is 1. The van der Waals surface area contributed by atoms with Crippen LogP contribution < -0.4 is 0 Å². The number of carboxylic acids is 1. The average Bonchev–Trinajstić information content (AvgIpc) is 2.72. The summed E-state index contributed by atoms with van der Waals surface area (Å²) in [5.74, 6) is -0.433. The maximum Gasteiger partial charge on any atom is 0.336 e. The van der Waals surface area contributed by atoms with Gasteiger partial charge in [0.2, 0.25) is 0 Å². The third-order valence-electron chi connectivity index (χ3n) is 5.96. The molecule has 146 valence electrons. The number of hydrogen-bond donors (Lipinski definition) is 1. The highest BCUT2D eigenvalue weighted by atomic mass is 19.1. The van der Waals surface area contributed by atoms with Gasteiger partial charge in [-0.3, -0.25) is 0 Å². The Bertz CT molecular complexity index is 892. The standard InChI is InChI=1S/C24H26FNO2/c1-2-3-4-16-5-7-17(8-6-16)18-11-12-21(24(27)28)22(13-18)19-9-10-20(15-26)23(25)14-19/h9-14,16-17H,2-8H2,1H3,(H,27,28)/t16-,17-. The third kappa shape index (κ3) is 4.42. The predicted octanol–water partition coefficient (Wildman–Crippen LogP) is 6.53. The summed E-state index contributed by atoms with van der Waals surface area (Å²) in [5, 5.41) is 18.5. The molecule has 4 heteroatoms. The van der Waals surface area contributed by atoms with E-state index < -0.39 is 11.8 Å². The summed E-state index contributed by atoms with van der Waals surface area (Å²) in [6, 6.07) is 11.5. The van der Waals surface area contributed by atoms with Crippen LogP contribution in [0.3, 0.4) is 0 Å². The number of unbranched alkanes of at least 4 members (excludes halogenated alkanes) is 1. The van der Waals surface area contributed by atoms with E-state index in [1.807, 2.05) is 12.1 Å². The number of benzene rings is 2. The van der Waals surface area contributed by atoms with Gasteiger partial charge in [-0.1, -0.05) is 44.4 Å². The fraction of sp³-hybridized carbons (Fsp3) is 0.417. The zero-order valence-corrected chi connectivity index (χ0v) is 16.2. The van der Waals surface area contributed by atoms with Gasteiger partial charge in [0.05, 0.1) is 11.1 Å². The van der Waals surface area contributed by atoms with Gasteiger partial charge in [-0.05, 0) is 72.4 Å². The van der Waals surface area contributed by atoms with Crippen LogP contribution in [0.5, 0.6) is 0 Å². The first-order valence-electron chi connectivity index (χ1n) is 10.1. The predicted molar refractivity (Wildman–Crippen MR) is 108 cm³/mol. The van der Waals surface area contributed by atoms with Gasteiger partial charge in [-0.2, -0.15) is 5.26 Å². The first-order valence-corrected chi connectivity index (χ1v) is 10.1. The molecule has 0 spiro atoms. The van der Waals surface area contributed by atoms with Crippen molar-refractivity contribution in [1.82, 2.24) is 0 Å². The van der Waals surface area contributed by atoms with Crippen molar-refractivity contribution in [3.05, 3.63) is 58.9 Å². The maximum absolute atomic E-state index is 14.1. The van der Waals surface area contributed by atoms with Crippen molar-refractivity contribution in [3.63, 3.8) is 0 Å². The molecule has 0 aromatic heterocycles. The lowest BCUT2D eigenvalue weighted by Crippen LogP contribution is -2.14. The Labute approximate surface area is 165 Å². The van der Waals surface area contributed by atoms with Crippen molar-refractivity contribution in [2.75, 3.05) is 0 Å². The zero-order chi connectivity index (χ0) is 20.1. The van der Waals surface area contributed by atoms with E-state index >= 15 is 0 Å². The lowest BCUT2D eigenvalue weighted by molar-refractivity contribution is 0.0697. The van der Waals surface area contributed by atoms with Crippen LogP contribution >= 0.6 is 0 Å². The summed E-state index contributed by atoms with van der Waals surface area (Å²) in [6.45, 7) is 2.23. The van der Waals surface area contributed by atoms with Crippen molar-refractivity contribution in [2.45, 2.75) is 57.8 Å². The molecule has 0 bridgehead atoms. The summed E-state index contributed by atoms with van der Waals surface area (Å²) < 4.78 is 14.1. The van der Waals surface area contributed by atoms with Gasteiger partial charge < -0.3 is 5.11 Å². The number of aromatic carboxylic acids is 1. The number of nitriles is 1. The van der Waals surface area contributed by atoms with Crippen molar-refractivity contribution >= 4 is 5.97 Å². The number of nitrogens with zero attached hydrogens (tertiary/aromatic N) is 1. The molecule has 0 saturated heterocycles. The van der Waals surface area contributed by atoms with Crippen molar-refractivity contribution in [1.29, 1.82) is 5.26 Å². The largest absolute Gasteiger partial charge is 0.478 e.